The zero-order valence-corrected chi connectivity index (χ0v) is 31.0. The molecule has 0 amide bonds. The lowest BCUT2D eigenvalue weighted by Crippen LogP contribution is -2.29. The molecule has 2 N–H and O–H groups in total. The van der Waals surface area contributed by atoms with E-state index >= 15 is 0 Å². The van der Waals surface area contributed by atoms with Gasteiger partial charge >= 0.3 is 19.8 Å². The first kappa shape index (κ1) is 45.8. The Bertz CT molecular complexity index is 963. The summed E-state index contributed by atoms with van der Waals surface area (Å²) in [4.78, 5) is 42.6. The summed E-state index contributed by atoms with van der Waals surface area (Å²) in [6.07, 6.45) is 42.4. The molecule has 0 aliphatic heterocycles. The van der Waals surface area contributed by atoms with Gasteiger partial charge in [0.25, 0.3) is 0 Å². The topological polar surface area (TPSA) is 119 Å². The van der Waals surface area contributed by atoms with Crippen molar-refractivity contribution >= 4 is 19.8 Å². The van der Waals surface area contributed by atoms with E-state index in [0.29, 0.717) is 12.8 Å². The third-order valence-electron chi connectivity index (χ3n) is 7.55. The summed E-state index contributed by atoms with van der Waals surface area (Å²) in [6.45, 7) is 3.56. The molecule has 8 nitrogen and oxygen atoms in total. The molecule has 0 rings (SSSR count). The van der Waals surface area contributed by atoms with E-state index in [9.17, 15) is 14.2 Å². The molecule has 0 fully saturated rings. The van der Waals surface area contributed by atoms with E-state index in [0.717, 1.165) is 44.9 Å². The molecular weight excluding hydrogens is 627 g/mol. The highest BCUT2D eigenvalue weighted by Crippen LogP contribution is 2.35. The lowest BCUT2D eigenvalue weighted by molar-refractivity contribution is -0.161. The van der Waals surface area contributed by atoms with Crippen LogP contribution in [-0.4, -0.2) is 41.0 Å². The Hall–Kier alpha value is -2.25. The van der Waals surface area contributed by atoms with Gasteiger partial charge in [-0.25, -0.2) is 4.57 Å². The van der Waals surface area contributed by atoms with Gasteiger partial charge in [0.05, 0.1) is 6.61 Å². The summed E-state index contributed by atoms with van der Waals surface area (Å²) in [7, 11) is -4.76. The number of hydrogen-bond donors (Lipinski definition) is 2. The maximum atomic E-state index is 12.3. The molecule has 0 aromatic heterocycles. The molecule has 0 aromatic carbocycles. The fraction of sp³-hybridized carbons (Fsp3) is 0.692. The minimum absolute atomic E-state index is 0.143. The zero-order valence-electron chi connectivity index (χ0n) is 30.1. The Morgan fingerprint density at radius 3 is 1.48 bits per heavy atom. The summed E-state index contributed by atoms with van der Waals surface area (Å²) in [6, 6.07) is 0. The number of rotatable bonds is 33. The highest BCUT2D eigenvalue weighted by molar-refractivity contribution is 7.46. The number of esters is 2. The number of carbonyl (C=O) groups is 2. The van der Waals surface area contributed by atoms with Crippen LogP contribution in [-0.2, 0) is 28.2 Å². The molecule has 1 atom stereocenters. The minimum atomic E-state index is -4.76. The predicted octanol–water partition coefficient (Wildman–Crippen LogP) is 11.0. The summed E-state index contributed by atoms with van der Waals surface area (Å²) < 4.78 is 26.2. The average molecular weight is 695 g/mol. The monoisotopic (exact) mass is 694 g/mol. The number of phosphoric ester groups is 1. The number of phosphoric acid groups is 1. The van der Waals surface area contributed by atoms with E-state index in [1.807, 2.05) is 12.2 Å². The van der Waals surface area contributed by atoms with E-state index < -0.39 is 32.5 Å². The van der Waals surface area contributed by atoms with Crippen LogP contribution in [0.5, 0.6) is 0 Å². The average Bonchev–Trinajstić information content (AvgIpc) is 3.05. The lowest BCUT2D eigenvalue weighted by Gasteiger charge is -2.18. The summed E-state index contributed by atoms with van der Waals surface area (Å²) in [5.74, 6) is -0.985. The normalized spacial score (nSPS) is 13.2. The molecule has 0 saturated heterocycles. The second-order valence-corrected chi connectivity index (χ2v) is 13.4. The Kier molecular flexibility index (Phi) is 33.0. The van der Waals surface area contributed by atoms with Crippen LogP contribution in [0.4, 0.5) is 0 Å². The third kappa shape index (κ3) is 36.6. The molecule has 0 heterocycles. The van der Waals surface area contributed by atoms with Gasteiger partial charge in [0.1, 0.15) is 6.61 Å². The van der Waals surface area contributed by atoms with Crippen molar-refractivity contribution < 1.29 is 37.9 Å². The largest absolute Gasteiger partial charge is 0.469 e. The van der Waals surface area contributed by atoms with Crippen molar-refractivity contribution in [2.24, 2.45) is 0 Å². The van der Waals surface area contributed by atoms with E-state index in [4.69, 9.17) is 19.3 Å². The van der Waals surface area contributed by atoms with E-state index in [2.05, 4.69) is 67.0 Å². The van der Waals surface area contributed by atoms with Gasteiger partial charge in [-0.2, -0.15) is 0 Å². The molecule has 0 unspecified atom stereocenters. The Labute approximate surface area is 292 Å². The predicted molar refractivity (Wildman–Crippen MR) is 197 cm³/mol. The Balaban J connectivity index is 4.11. The van der Waals surface area contributed by atoms with Crippen LogP contribution in [0.3, 0.4) is 0 Å². The summed E-state index contributed by atoms with van der Waals surface area (Å²) in [5.41, 5.74) is 0. The molecule has 0 radical (unpaired) electrons. The number of hydrogen-bond acceptors (Lipinski definition) is 6. The number of unbranched alkanes of at least 4 members (excludes halogenated alkanes) is 13. The SMILES string of the molecule is CCCCC/C=C/C/C=C/C/C=C/C/C=C/C/C=C/CCC(=O)OC[C@H](COP(=O)(O)O)OC(=O)CCCCCCCCCCCCC. The molecule has 48 heavy (non-hydrogen) atoms. The van der Waals surface area contributed by atoms with Crippen molar-refractivity contribution in [1.29, 1.82) is 0 Å². The molecule has 0 aliphatic carbocycles. The van der Waals surface area contributed by atoms with Crippen molar-refractivity contribution in [3.05, 3.63) is 60.8 Å². The van der Waals surface area contributed by atoms with Gasteiger partial charge in [0.15, 0.2) is 6.10 Å². The van der Waals surface area contributed by atoms with E-state index in [-0.39, 0.29) is 19.4 Å². The van der Waals surface area contributed by atoms with Crippen molar-refractivity contribution in [3.8, 4) is 0 Å². The highest BCUT2D eigenvalue weighted by Gasteiger charge is 2.22. The van der Waals surface area contributed by atoms with Crippen molar-refractivity contribution in [3.63, 3.8) is 0 Å². The van der Waals surface area contributed by atoms with Crippen LogP contribution in [0.25, 0.3) is 0 Å². The molecule has 0 bridgehead atoms. The molecule has 9 heteroatoms. The van der Waals surface area contributed by atoms with Crippen LogP contribution in [0, 0.1) is 0 Å². The maximum Gasteiger partial charge on any atom is 0.469 e. The van der Waals surface area contributed by atoms with Crippen LogP contribution in [0.1, 0.15) is 155 Å². The molecule has 0 aliphatic rings. The van der Waals surface area contributed by atoms with Crippen LogP contribution >= 0.6 is 7.82 Å². The Morgan fingerprint density at radius 1 is 0.542 bits per heavy atom. The van der Waals surface area contributed by atoms with Gasteiger partial charge in [-0.3, -0.25) is 14.1 Å². The van der Waals surface area contributed by atoms with E-state index in [1.165, 1.54) is 70.6 Å². The van der Waals surface area contributed by atoms with Crippen molar-refractivity contribution in [2.45, 2.75) is 161 Å². The van der Waals surface area contributed by atoms with Gasteiger partial charge in [0, 0.05) is 12.8 Å². The molecular formula is C39H67O8P. The second-order valence-electron chi connectivity index (χ2n) is 12.2. The van der Waals surface area contributed by atoms with Crippen LogP contribution in [0.2, 0.25) is 0 Å². The first-order chi connectivity index (χ1) is 23.3. The van der Waals surface area contributed by atoms with Gasteiger partial charge in [-0.05, 0) is 51.4 Å². The van der Waals surface area contributed by atoms with E-state index in [1.54, 1.807) is 0 Å². The molecule has 0 saturated carbocycles. The fourth-order valence-electron chi connectivity index (χ4n) is 4.77. The zero-order chi connectivity index (χ0) is 35.4. The number of allylic oxidation sites excluding steroid dienone is 10. The van der Waals surface area contributed by atoms with Gasteiger partial charge in [0.2, 0.25) is 0 Å². The highest BCUT2D eigenvalue weighted by atomic mass is 31.2. The quantitative estimate of drug-likeness (QED) is 0.0301. The molecule has 276 valence electrons. The number of carbonyl (C=O) groups excluding carboxylic acids is 2. The third-order valence-corrected chi connectivity index (χ3v) is 8.04. The summed E-state index contributed by atoms with van der Waals surface area (Å²) in [5, 5.41) is 0. The van der Waals surface area contributed by atoms with Crippen molar-refractivity contribution in [2.75, 3.05) is 13.2 Å². The second kappa shape index (κ2) is 34.6. The first-order valence-electron chi connectivity index (χ1n) is 18.6. The smallest absolute Gasteiger partial charge is 0.462 e. The fourth-order valence-corrected chi connectivity index (χ4v) is 5.13. The van der Waals surface area contributed by atoms with Gasteiger partial charge < -0.3 is 19.3 Å². The standard InChI is InChI=1S/C39H67O8P/c1-3-5-7-9-11-13-15-16-17-18-19-20-21-22-24-25-27-29-31-33-38(40)45-35-37(36-46-48(42,43)44)47-39(41)34-32-30-28-26-23-14-12-10-8-6-4-2/h11,13,16-17,19-20,22,24,27,29,37H,3-10,12,14-15,18,21,23,25-26,28,30-36H2,1-2H3,(H2,42,43,44)/b13-11+,17-16+,20-19+,24-22+,29-27+/t37-/m1/s1. The maximum absolute atomic E-state index is 12.3. The molecule has 0 aromatic rings. The minimum Gasteiger partial charge on any atom is -0.462 e. The molecule has 0 spiro atoms. The van der Waals surface area contributed by atoms with Gasteiger partial charge in [-0.1, -0.05) is 152 Å². The van der Waals surface area contributed by atoms with Crippen LogP contribution in [0.15, 0.2) is 60.8 Å². The van der Waals surface area contributed by atoms with Gasteiger partial charge in [-0.15, -0.1) is 0 Å². The number of ether oxygens (including phenoxy) is 2. The van der Waals surface area contributed by atoms with Crippen molar-refractivity contribution in [1.82, 2.24) is 0 Å². The lowest BCUT2D eigenvalue weighted by atomic mass is 10.1. The van der Waals surface area contributed by atoms with Crippen LogP contribution < -0.4 is 0 Å². The summed E-state index contributed by atoms with van der Waals surface area (Å²) >= 11 is 0. The first-order valence-corrected chi connectivity index (χ1v) is 20.1. The Morgan fingerprint density at radius 2 is 0.979 bits per heavy atom.